The van der Waals surface area contributed by atoms with Crippen LogP contribution < -0.4 is 5.32 Å². The van der Waals surface area contributed by atoms with Crippen molar-refractivity contribution < 1.29 is 0 Å². The van der Waals surface area contributed by atoms with Crippen LogP contribution in [0.5, 0.6) is 0 Å². The molecule has 116 valence electrons. The molecule has 2 aliphatic rings. The molecule has 0 radical (unpaired) electrons. The zero-order chi connectivity index (χ0) is 14.8. The van der Waals surface area contributed by atoms with Crippen molar-refractivity contribution in [3.63, 3.8) is 0 Å². The molecule has 3 rings (SSSR count). The highest BCUT2D eigenvalue weighted by atomic mass is 15.1. The first-order valence-corrected chi connectivity index (χ1v) is 8.66. The van der Waals surface area contributed by atoms with Crippen LogP contribution in [0.15, 0.2) is 18.2 Å². The van der Waals surface area contributed by atoms with E-state index in [2.05, 4.69) is 49.3 Å². The third-order valence-corrected chi connectivity index (χ3v) is 5.34. The maximum Gasteiger partial charge on any atom is 0.0390 e. The predicted octanol–water partition coefficient (Wildman–Crippen LogP) is 3.83. The number of aryl methyl sites for hydroxylation is 2. The summed E-state index contributed by atoms with van der Waals surface area (Å²) in [5, 5.41) is 3.79. The molecule has 1 aromatic rings. The first kappa shape index (κ1) is 15.1. The average molecular weight is 286 g/mol. The van der Waals surface area contributed by atoms with Crippen LogP contribution in [-0.2, 0) is 0 Å². The molecule has 0 spiro atoms. The number of hydrogen-bond donors (Lipinski definition) is 1. The van der Waals surface area contributed by atoms with Crippen molar-refractivity contribution in [2.24, 2.45) is 5.92 Å². The maximum atomic E-state index is 3.79. The van der Waals surface area contributed by atoms with E-state index in [0.717, 1.165) is 12.0 Å². The first-order valence-electron chi connectivity index (χ1n) is 8.66. The van der Waals surface area contributed by atoms with E-state index in [0.29, 0.717) is 6.04 Å². The Kier molecular flexibility index (Phi) is 4.66. The van der Waals surface area contributed by atoms with Gasteiger partial charge in [0.2, 0.25) is 0 Å². The third kappa shape index (κ3) is 3.49. The van der Waals surface area contributed by atoms with Crippen LogP contribution in [-0.4, -0.2) is 31.1 Å². The lowest BCUT2D eigenvalue weighted by molar-refractivity contribution is 0.187. The average Bonchev–Trinajstić information content (AvgIpc) is 3.27. The zero-order valence-corrected chi connectivity index (χ0v) is 13.9. The van der Waals surface area contributed by atoms with Crippen molar-refractivity contribution in [3.05, 3.63) is 34.9 Å². The molecule has 1 aliphatic heterocycles. The number of nitrogens with zero attached hydrogens (tertiary/aromatic N) is 1. The maximum absolute atomic E-state index is 3.79. The summed E-state index contributed by atoms with van der Waals surface area (Å²) in [6, 6.07) is 8.17. The van der Waals surface area contributed by atoms with E-state index in [1.54, 1.807) is 5.56 Å². The molecular formula is C19H30N2. The molecule has 0 aromatic heterocycles. The molecule has 0 amide bonds. The van der Waals surface area contributed by atoms with Crippen molar-refractivity contribution in [2.75, 3.05) is 20.1 Å². The summed E-state index contributed by atoms with van der Waals surface area (Å²) in [4.78, 5) is 2.61. The Hall–Kier alpha value is -0.860. The van der Waals surface area contributed by atoms with E-state index in [1.807, 2.05) is 0 Å². The Morgan fingerprint density at radius 1 is 1.10 bits per heavy atom. The van der Waals surface area contributed by atoms with Crippen LogP contribution >= 0.6 is 0 Å². The Bertz CT molecular complexity index is 458. The molecule has 2 unspecified atom stereocenters. The lowest BCUT2D eigenvalue weighted by Crippen LogP contribution is -2.36. The smallest absolute Gasteiger partial charge is 0.0390 e. The van der Waals surface area contributed by atoms with Crippen LogP contribution in [0.1, 0.15) is 54.8 Å². The normalized spacial score (nSPS) is 27.6. The van der Waals surface area contributed by atoms with Crippen molar-refractivity contribution in [3.8, 4) is 0 Å². The van der Waals surface area contributed by atoms with Crippen molar-refractivity contribution in [1.82, 2.24) is 10.2 Å². The van der Waals surface area contributed by atoms with Gasteiger partial charge in [-0.1, -0.05) is 24.6 Å². The summed E-state index contributed by atoms with van der Waals surface area (Å²) >= 11 is 0. The molecule has 1 heterocycles. The number of likely N-dealkylation sites (tertiary alicyclic amines) is 1. The molecule has 2 nitrogen and oxygen atoms in total. The van der Waals surface area contributed by atoms with Gasteiger partial charge in [0.05, 0.1) is 0 Å². The Balaban J connectivity index is 1.87. The molecule has 0 bridgehead atoms. The minimum Gasteiger partial charge on any atom is -0.314 e. The van der Waals surface area contributed by atoms with E-state index < -0.39 is 0 Å². The first-order chi connectivity index (χ1) is 10.2. The molecule has 1 aromatic carbocycles. The highest BCUT2D eigenvalue weighted by Crippen LogP contribution is 2.37. The molecule has 2 fully saturated rings. The second-order valence-electron chi connectivity index (χ2n) is 7.17. The topological polar surface area (TPSA) is 15.3 Å². The van der Waals surface area contributed by atoms with Crippen molar-refractivity contribution >= 4 is 0 Å². The molecule has 2 heteroatoms. The minimum absolute atomic E-state index is 0.583. The van der Waals surface area contributed by atoms with E-state index in [1.165, 1.54) is 56.3 Å². The SMILES string of the molecule is Cc1cccc(C)c1C1C(CNC2CC2)CCCCN1C. The van der Waals surface area contributed by atoms with E-state index in [4.69, 9.17) is 0 Å². The molecular weight excluding hydrogens is 256 g/mol. The van der Waals surface area contributed by atoms with Gasteiger partial charge in [0.15, 0.2) is 0 Å². The fraction of sp³-hybridized carbons (Fsp3) is 0.684. The lowest BCUT2D eigenvalue weighted by atomic mass is 9.85. The number of hydrogen-bond acceptors (Lipinski definition) is 2. The van der Waals surface area contributed by atoms with Gasteiger partial charge in [-0.25, -0.2) is 0 Å². The summed E-state index contributed by atoms with van der Waals surface area (Å²) in [6.07, 6.45) is 6.86. The van der Waals surface area contributed by atoms with Gasteiger partial charge < -0.3 is 5.32 Å². The van der Waals surface area contributed by atoms with Gasteiger partial charge in [-0.05, 0) is 75.7 Å². The number of benzene rings is 1. The monoisotopic (exact) mass is 286 g/mol. The van der Waals surface area contributed by atoms with Gasteiger partial charge in [-0.2, -0.15) is 0 Å². The summed E-state index contributed by atoms with van der Waals surface area (Å²) in [5.74, 6) is 0.748. The lowest BCUT2D eigenvalue weighted by Gasteiger charge is -2.35. The van der Waals surface area contributed by atoms with Gasteiger partial charge in [-0.3, -0.25) is 4.90 Å². The fourth-order valence-electron chi connectivity index (χ4n) is 3.99. The molecule has 1 saturated heterocycles. The van der Waals surface area contributed by atoms with Gasteiger partial charge in [-0.15, -0.1) is 0 Å². The van der Waals surface area contributed by atoms with E-state index in [9.17, 15) is 0 Å². The highest BCUT2D eigenvalue weighted by Gasteiger charge is 2.32. The Morgan fingerprint density at radius 3 is 2.48 bits per heavy atom. The standard InChI is InChI=1S/C19H30N2/c1-14-7-6-8-15(2)18(14)19-16(13-20-17-10-11-17)9-4-5-12-21(19)3/h6-8,16-17,19-20H,4-5,9-13H2,1-3H3. The van der Waals surface area contributed by atoms with Gasteiger partial charge in [0.1, 0.15) is 0 Å². The molecule has 1 saturated carbocycles. The Morgan fingerprint density at radius 2 is 1.81 bits per heavy atom. The van der Waals surface area contributed by atoms with E-state index in [-0.39, 0.29) is 0 Å². The fourth-order valence-corrected chi connectivity index (χ4v) is 3.99. The largest absolute Gasteiger partial charge is 0.314 e. The van der Waals surface area contributed by atoms with Crippen molar-refractivity contribution in [2.45, 2.75) is 58.0 Å². The molecule has 21 heavy (non-hydrogen) atoms. The molecule has 1 N–H and O–H groups in total. The summed E-state index contributed by atoms with van der Waals surface area (Å²) in [5.41, 5.74) is 4.51. The summed E-state index contributed by atoms with van der Waals surface area (Å²) in [7, 11) is 2.33. The predicted molar refractivity (Wildman–Crippen MR) is 89.7 cm³/mol. The van der Waals surface area contributed by atoms with Crippen LogP contribution in [0.2, 0.25) is 0 Å². The van der Waals surface area contributed by atoms with Crippen molar-refractivity contribution in [1.29, 1.82) is 0 Å². The third-order valence-electron chi connectivity index (χ3n) is 5.34. The quantitative estimate of drug-likeness (QED) is 0.905. The Labute approximate surface area is 129 Å². The van der Waals surface area contributed by atoms with Crippen LogP contribution in [0.4, 0.5) is 0 Å². The van der Waals surface area contributed by atoms with Gasteiger partial charge in [0.25, 0.3) is 0 Å². The minimum atomic E-state index is 0.583. The highest BCUT2D eigenvalue weighted by molar-refractivity contribution is 5.37. The van der Waals surface area contributed by atoms with Gasteiger partial charge in [0, 0.05) is 18.6 Å². The zero-order valence-electron chi connectivity index (χ0n) is 13.9. The summed E-state index contributed by atoms with van der Waals surface area (Å²) in [6.45, 7) is 6.99. The molecule has 2 atom stereocenters. The molecule has 1 aliphatic carbocycles. The second kappa shape index (κ2) is 6.50. The summed E-state index contributed by atoms with van der Waals surface area (Å²) < 4.78 is 0. The van der Waals surface area contributed by atoms with Crippen LogP contribution in [0.3, 0.4) is 0 Å². The van der Waals surface area contributed by atoms with Crippen LogP contribution in [0.25, 0.3) is 0 Å². The van der Waals surface area contributed by atoms with Gasteiger partial charge >= 0.3 is 0 Å². The van der Waals surface area contributed by atoms with Crippen LogP contribution in [0, 0.1) is 19.8 Å². The number of nitrogens with one attached hydrogen (secondary N) is 1. The van der Waals surface area contributed by atoms with E-state index >= 15 is 0 Å². The number of rotatable bonds is 4. The second-order valence-corrected chi connectivity index (χ2v) is 7.17.